The summed E-state index contributed by atoms with van der Waals surface area (Å²) in [6.07, 6.45) is -9.42. The number of amides is 1. The van der Waals surface area contributed by atoms with Gasteiger partial charge in [0.15, 0.2) is 6.10 Å². The Bertz CT molecular complexity index is 2110. The number of unbranched alkanes of at least 4 members (excludes halogenated alkanes) is 4. The van der Waals surface area contributed by atoms with Crippen molar-refractivity contribution in [2.24, 2.45) is 0 Å². The lowest BCUT2D eigenvalue weighted by Gasteiger charge is -2.45. The Labute approximate surface area is 421 Å². The van der Waals surface area contributed by atoms with Crippen LogP contribution in [0, 0.1) is 5.41 Å². The summed E-state index contributed by atoms with van der Waals surface area (Å²) in [5, 5.41) is 10.9. The molecule has 6 atom stereocenters. The second kappa shape index (κ2) is 26.2. The normalized spacial score (nSPS) is 21.2. The van der Waals surface area contributed by atoms with E-state index in [4.69, 9.17) is 117 Å². The highest BCUT2D eigenvalue weighted by molar-refractivity contribution is 7.48. The van der Waals surface area contributed by atoms with Crippen molar-refractivity contribution in [3.63, 3.8) is 0 Å². The fourth-order valence-electron chi connectivity index (χ4n) is 6.93. The lowest BCUT2D eigenvalue weighted by Crippen LogP contribution is -2.67. The molecule has 0 spiro atoms. The molecule has 0 aromatic heterocycles. The lowest BCUT2D eigenvalue weighted by molar-refractivity contribution is -0.255. The van der Waals surface area contributed by atoms with Crippen LogP contribution in [0.4, 0.5) is 18.0 Å². The average molecular weight is 1100 g/mol. The van der Waals surface area contributed by atoms with Crippen LogP contribution in [0.5, 0.6) is 0 Å². The monoisotopic (exact) mass is 1100 g/mol. The quantitative estimate of drug-likeness (QED) is 0.0259. The number of nitrogens with one attached hydrogen (secondary N) is 2. The Hall–Kier alpha value is -2.61. The van der Waals surface area contributed by atoms with Crippen molar-refractivity contribution in [2.75, 3.05) is 13.2 Å². The minimum absolute atomic E-state index is 0.00851. The first-order valence-corrected chi connectivity index (χ1v) is 25.1. The number of alkyl halides is 9. The molecule has 0 unspecified atom stereocenters. The number of hydrogen-bond donors (Lipinski definition) is 2. The predicted octanol–water partition coefficient (Wildman–Crippen LogP) is 12.3. The van der Waals surface area contributed by atoms with Crippen molar-refractivity contribution in [3.8, 4) is 0 Å². The summed E-state index contributed by atoms with van der Waals surface area (Å²) in [5.41, 5.74) is 1.59. The number of halogens is 9. The Kier molecular flexibility index (Phi) is 21.7. The number of benzene rings is 3. The number of ether oxygens (including phenoxy) is 6. The average Bonchev–Trinajstić information content (AvgIpc) is 3.45. The Morgan fingerprint density at radius 2 is 1.44 bits per heavy atom. The zero-order valence-corrected chi connectivity index (χ0v) is 41.8. The van der Waals surface area contributed by atoms with Crippen LogP contribution in [0.25, 0.3) is 0 Å². The van der Waals surface area contributed by atoms with Crippen molar-refractivity contribution in [3.05, 3.63) is 107 Å². The van der Waals surface area contributed by atoms with Crippen molar-refractivity contribution >= 4 is 95.4 Å². The topological polar surface area (TPSA) is 170 Å². The highest BCUT2D eigenvalue weighted by Crippen LogP contribution is 2.55. The van der Waals surface area contributed by atoms with Gasteiger partial charge < -0.3 is 33.7 Å². The molecule has 0 radical (unpaired) electrons. The fraction of sp³-hybridized carbons (Fsp3) is 0.523. The van der Waals surface area contributed by atoms with Gasteiger partial charge in [0, 0.05) is 0 Å². The zero-order valence-electron chi connectivity index (χ0n) is 36.4. The van der Waals surface area contributed by atoms with E-state index in [9.17, 15) is 27.3 Å². The van der Waals surface area contributed by atoms with Crippen molar-refractivity contribution in [1.82, 2.24) is 5.32 Å². The largest absolute Gasteiger partial charge is 0.475 e. The smallest absolute Gasteiger partial charge is 0.457 e. The van der Waals surface area contributed by atoms with Gasteiger partial charge in [-0.1, -0.05) is 175 Å². The van der Waals surface area contributed by atoms with Gasteiger partial charge in [-0.25, -0.2) is 9.36 Å². The molecule has 2 heterocycles. The number of carbonyl (C=O) groups is 2. The van der Waals surface area contributed by atoms with Crippen LogP contribution in [0.3, 0.4) is 0 Å². The van der Waals surface area contributed by atoms with Crippen molar-refractivity contribution in [1.29, 1.82) is 5.41 Å². The van der Waals surface area contributed by atoms with Gasteiger partial charge in [-0.15, -0.1) is 0 Å². The molecule has 0 aliphatic carbocycles. The van der Waals surface area contributed by atoms with Crippen molar-refractivity contribution < 1.29 is 69.3 Å². The molecule has 14 nitrogen and oxygen atoms in total. The fourth-order valence-corrected chi connectivity index (χ4v) is 8.57. The van der Waals surface area contributed by atoms with E-state index in [1.54, 1.807) is 48.5 Å². The van der Waals surface area contributed by atoms with Crippen LogP contribution in [0.2, 0.25) is 0 Å². The van der Waals surface area contributed by atoms with E-state index in [1.165, 1.54) is 12.1 Å². The van der Waals surface area contributed by atoms with Crippen LogP contribution < -0.4 is 5.32 Å². The first-order chi connectivity index (χ1) is 32.1. The van der Waals surface area contributed by atoms with Gasteiger partial charge in [-0.2, -0.15) is 13.2 Å². The molecule has 3 aromatic carbocycles. The molecule has 24 heteroatoms. The first kappa shape index (κ1) is 56.3. The lowest BCUT2D eigenvalue weighted by atomic mass is 9.96. The molecule has 5 rings (SSSR count). The molecule has 68 heavy (non-hydrogen) atoms. The highest BCUT2D eigenvalue weighted by atomic mass is 35.6. The van der Waals surface area contributed by atoms with Gasteiger partial charge in [-0.05, 0) is 40.8 Å². The third kappa shape index (κ3) is 18.5. The van der Waals surface area contributed by atoms with E-state index in [2.05, 4.69) is 12.2 Å². The molecule has 1 amide bonds. The minimum Gasteiger partial charge on any atom is -0.457 e. The van der Waals surface area contributed by atoms with Crippen LogP contribution in [0.1, 0.15) is 79.7 Å². The standard InChI is InChI=1S/C44H50Cl6F3N2O12P/c1-2-3-4-5-9-16-33(60-23-29-17-19-32(20-18-29)44(51,52)53)21-35(56)65-38-36(55-41(57)61-27-42(45,46)47)39(66-40(54)43(48,49)50)64-34(26-59-22-28-12-7-6-8-13-28)37(38)67-68(58)62-24-30-14-10-11-15-31(30)25-63-68/h6-8,10-15,17-20,33-34,36-39,54H,2-5,9,16,21-27H2,1H3,(H,55,57)/t33-,34-,36-,37-,38-,39-/m1/s1. The van der Waals surface area contributed by atoms with E-state index in [0.29, 0.717) is 29.5 Å². The number of hydrogen-bond acceptors (Lipinski definition) is 13. The summed E-state index contributed by atoms with van der Waals surface area (Å²) in [6, 6.07) is 18.6. The van der Waals surface area contributed by atoms with Crippen LogP contribution in [-0.2, 0) is 84.0 Å². The molecule has 0 saturated carbocycles. The van der Waals surface area contributed by atoms with Gasteiger partial charge in [-0.3, -0.25) is 23.8 Å². The number of carbonyl (C=O) groups excluding carboxylic acids is 2. The number of fused-ring (bicyclic) bond motifs is 1. The summed E-state index contributed by atoms with van der Waals surface area (Å²) < 4.78 is 103. The Balaban J connectivity index is 1.52. The third-order valence-corrected chi connectivity index (χ3v) is 12.6. The molecule has 1 saturated heterocycles. The number of phosphoric acid groups is 1. The molecule has 1 fully saturated rings. The molecule has 2 aliphatic heterocycles. The number of phosphoric ester groups is 1. The summed E-state index contributed by atoms with van der Waals surface area (Å²) in [6.45, 7) is 0.262. The maximum absolute atomic E-state index is 14.6. The molecular weight excluding hydrogens is 1050 g/mol. The maximum Gasteiger partial charge on any atom is 0.475 e. The second-order valence-corrected chi connectivity index (χ2v) is 22.1. The van der Waals surface area contributed by atoms with E-state index in [0.717, 1.165) is 43.4 Å². The van der Waals surface area contributed by atoms with Gasteiger partial charge in [0.05, 0.1) is 51.1 Å². The van der Waals surface area contributed by atoms with Crippen LogP contribution in [-0.4, -0.2) is 75.5 Å². The molecule has 0 bridgehead atoms. The Morgan fingerprint density at radius 3 is 2.04 bits per heavy atom. The van der Waals surface area contributed by atoms with E-state index >= 15 is 0 Å². The number of alkyl carbamates (subject to hydrolysis) is 1. The maximum atomic E-state index is 14.6. The molecular formula is C44H50Cl6F3N2O12P. The predicted molar refractivity (Wildman–Crippen MR) is 249 cm³/mol. The van der Waals surface area contributed by atoms with E-state index in [1.807, 2.05) is 6.07 Å². The van der Waals surface area contributed by atoms with Crippen LogP contribution >= 0.6 is 77.4 Å². The second-order valence-electron chi connectivity index (χ2n) is 15.7. The zero-order chi connectivity index (χ0) is 49.5. The summed E-state index contributed by atoms with van der Waals surface area (Å²) in [7, 11) is -4.66. The summed E-state index contributed by atoms with van der Waals surface area (Å²) >= 11 is 35.6. The minimum atomic E-state index is -4.66. The van der Waals surface area contributed by atoms with Crippen LogP contribution in [0.15, 0.2) is 78.9 Å². The van der Waals surface area contributed by atoms with E-state index < -0.39 is 101 Å². The molecule has 2 aliphatic rings. The molecule has 3 aromatic rings. The summed E-state index contributed by atoms with van der Waals surface area (Å²) in [4.78, 5) is 27.9. The molecule has 376 valence electrons. The van der Waals surface area contributed by atoms with Gasteiger partial charge in [0.25, 0.3) is 3.79 Å². The SMILES string of the molecule is CCCCCCC[C@H](CC(=O)O[C@@H]1[C@@H](NC(=O)OCC(Cl)(Cl)Cl)[C@@H](OC(=N)C(Cl)(Cl)Cl)O[C@H](COCc2ccccc2)[C@H]1OP1(=O)OCc2ccccc2CO1)OCc1ccc(C(F)(F)F)cc1. The molecule has 2 N–H and O–H groups in total. The van der Waals surface area contributed by atoms with Gasteiger partial charge >= 0.3 is 26.1 Å². The third-order valence-electron chi connectivity index (χ3n) is 10.4. The number of esters is 1. The summed E-state index contributed by atoms with van der Waals surface area (Å²) in [5.74, 6) is -1.96. The van der Waals surface area contributed by atoms with Crippen molar-refractivity contribution in [2.45, 2.75) is 129 Å². The highest BCUT2D eigenvalue weighted by Gasteiger charge is 2.55. The van der Waals surface area contributed by atoms with Gasteiger partial charge in [0.2, 0.25) is 16.0 Å². The van der Waals surface area contributed by atoms with Gasteiger partial charge in [0.1, 0.15) is 24.9 Å². The van der Waals surface area contributed by atoms with E-state index in [-0.39, 0.29) is 26.4 Å². The number of rotatable bonds is 21. The Morgan fingerprint density at radius 1 is 0.824 bits per heavy atom. The first-order valence-electron chi connectivity index (χ1n) is 21.3.